The number of carbonyl (C=O) groups is 2. The van der Waals surface area contributed by atoms with E-state index in [1.807, 2.05) is 0 Å². The fraction of sp³-hybridized carbons (Fsp3) is 0.952. The molecule has 6 N–H and O–H groups in total. The number of carboxylic acids is 1. The Morgan fingerprint density at radius 2 is 1.17 bits per heavy atom. The summed E-state index contributed by atoms with van der Waals surface area (Å²) in [5.41, 5.74) is 0. The van der Waals surface area contributed by atoms with Gasteiger partial charge < -0.3 is 49.8 Å². The van der Waals surface area contributed by atoms with E-state index in [0.717, 1.165) is 32.1 Å². The van der Waals surface area contributed by atoms with Gasteiger partial charge in [-0.25, -0.2) is 4.79 Å². The summed E-state index contributed by atoms with van der Waals surface area (Å²) in [6.45, 7) is 5.77. The fourth-order valence-electron chi connectivity index (χ4n) is 7.10. The molecule has 12 nitrogen and oxygen atoms in total. The van der Waals surface area contributed by atoms with Crippen molar-refractivity contribution in [1.29, 1.82) is 0 Å². The van der Waals surface area contributed by atoms with Crippen LogP contribution in [0.25, 0.3) is 0 Å². The maximum Gasteiger partial charge on any atom is 0.364 e. The van der Waals surface area contributed by atoms with Crippen LogP contribution in [0.4, 0.5) is 0 Å². The first-order chi connectivity index (χ1) is 26.1. The Hall–Kier alpha value is -1.38. The van der Waals surface area contributed by atoms with E-state index in [2.05, 4.69) is 19.2 Å². The third-order valence-electron chi connectivity index (χ3n) is 10.5. The van der Waals surface area contributed by atoms with Crippen LogP contribution in [0.2, 0.25) is 0 Å². The number of aliphatic hydroxyl groups excluding tert-OH is 4. The molecule has 1 saturated heterocycles. The highest BCUT2D eigenvalue weighted by Gasteiger charge is 2.56. The highest BCUT2D eigenvalue weighted by atomic mass is 16.7. The van der Waals surface area contributed by atoms with Gasteiger partial charge in [-0.15, -0.1) is 0 Å². The molecule has 12 heteroatoms. The molecule has 1 heterocycles. The van der Waals surface area contributed by atoms with Gasteiger partial charge in [-0.1, -0.05) is 155 Å². The highest BCUT2D eigenvalue weighted by molar-refractivity contribution is 5.76. The average molecular weight is 776 g/mol. The normalized spacial score (nSPS) is 21.9. The van der Waals surface area contributed by atoms with Crippen LogP contribution in [0.15, 0.2) is 0 Å². The Bertz CT molecular complexity index is 911. The summed E-state index contributed by atoms with van der Waals surface area (Å²) in [7, 11) is 0. The number of nitrogens with one attached hydrogen (secondary N) is 1. The molecule has 0 saturated carbocycles. The van der Waals surface area contributed by atoms with Crippen molar-refractivity contribution >= 4 is 11.9 Å². The molecule has 1 amide bonds. The molecule has 54 heavy (non-hydrogen) atoms. The largest absolute Gasteiger partial charge is 0.477 e. The minimum atomic E-state index is -2.41. The third kappa shape index (κ3) is 23.0. The molecule has 0 bridgehead atoms. The van der Waals surface area contributed by atoms with Crippen molar-refractivity contribution in [3.05, 3.63) is 0 Å². The van der Waals surface area contributed by atoms with E-state index in [0.29, 0.717) is 13.2 Å². The van der Waals surface area contributed by atoms with Crippen molar-refractivity contribution in [3.8, 4) is 0 Å². The molecule has 1 rings (SSSR count). The van der Waals surface area contributed by atoms with Gasteiger partial charge in [0.15, 0.2) is 0 Å². The van der Waals surface area contributed by atoms with Crippen LogP contribution in [0.1, 0.15) is 181 Å². The number of carboxylic acid groups (broad SMARTS) is 1. The first kappa shape index (κ1) is 50.6. The molecule has 0 spiro atoms. The second-order valence-electron chi connectivity index (χ2n) is 15.5. The van der Waals surface area contributed by atoms with Gasteiger partial charge in [-0.3, -0.25) is 4.79 Å². The Morgan fingerprint density at radius 1 is 0.722 bits per heavy atom. The zero-order valence-electron chi connectivity index (χ0n) is 34.4. The van der Waals surface area contributed by atoms with Gasteiger partial charge in [-0.2, -0.15) is 0 Å². The second-order valence-corrected chi connectivity index (χ2v) is 15.5. The van der Waals surface area contributed by atoms with E-state index >= 15 is 0 Å². The van der Waals surface area contributed by atoms with Crippen LogP contribution < -0.4 is 5.32 Å². The van der Waals surface area contributed by atoms with Gasteiger partial charge in [0.05, 0.1) is 32.0 Å². The van der Waals surface area contributed by atoms with Crippen molar-refractivity contribution in [3.63, 3.8) is 0 Å². The Kier molecular flexibility index (Phi) is 30.6. The van der Waals surface area contributed by atoms with Crippen LogP contribution in [-0.2, 0) is 28.5 Å². The average Bonchev–Trinajstić information content (AvgIpc) is 3.15. The van der Waals surface area contributed by atoms with Crippen LogP contribution in [-0.4, -0.2) is 113 Å². The Morgan fingerprint density at radius 3 is 1.59 bits per heavy atom. The van der Waals surface area contributed by atoms with Gasteiger partial charge in [0.2, 0.25) is 5.91 Å². The molecule has 5 unspecified atom stereocenters. The number of unbranched alkanes of at least 4 members (excludes halogenated alkanes) is 22. The van der Waals surface area contributed by atoms with Gasteiger partial charge in [0, 0.05) is 26.6 Å². The number of hydrogen-bond acceptors (Lipinski definition) is 10. The molecular formula is C42H81NO11. The second kappa shape index (κ2) is 32.7. The van der Waals surface area contributed by atoms with Crippen molar-refractivity contribution in [2.75, 3.05) is 33.0 Å². The van der Waals surface area contributed by atoms with Crippen molar-refractivity contribution < 1.29 is 54.1 Å². The molecule has 7 atom stereocenters. The van der Waals surface area contributed by atoms with Gasteiger partial charge in [-0.05, 0) is 12.8 Å². The van der Waals surface area contributed by atoms with Crippen LogP contribution >= 0.6 is 0 Å². The summed E-state index contributed by atoms with van der Waals surface area (Å²) in [5.74, 6) is -4.52. The SMILES string of the molecule is CCCCCCCCCCCCCCOCC(COC1(C(=O)O)CC(O)C(NC(C)=O)C([C@H](O)[C@@H](O)CO)O1)OCCCCCCCCCCCCCC. The fourth-order valence-corrected chi connectivity index (χ4v) is 7.10. The van der Waals surface area contributed by atoms with Crippen LogP contribution in [0.3, 0.4) is 0 Å². The molecule has 0 aromatic carbocycles. The number of rotatable bonds is 37. The summed E-state index contributed by atoms with van der Waals surface area (Å²) in [5, 5.41) is 54.0. The van der Waals surface area contributed by atoms with E-state index in [9.17, 15) is 35.1 Å². The number of aliphatic hydroxyl groups is 4. The number of ether oxygens (including phenoxy) is 4. The summed E-state index contributed by atoms with van der Waals surface area (Å²) < 4.78 is 23.8. The lowest BCUT2D eigenvalue weighted by Gasteiger charge is -2.46. The molecule has 1 aliphatic heterocycles. The molecule has 0 radical (unpaired) electrons. The standard InChI is InChI=1S/C42H81NO11/c1-4-6-8-10-12-14-16-18-20-22-24-26-28-51-32-35(52-29-27-25-23-21-19-17-15-13-11-9-7-5-2)33-53-42(41(49)50)30-36(46)38(43-34(3)45)40(54-42)39(48)37(47)31-44/h35-40,44,46-48H,4-33H2,1-3H3,(H,43,45)(H,49,50)/t35?,36?,37-,38?,39+,40?,42?/m0/s1. The Balaban J connectivity index is 2.67. The smallest absolute Gasteiger partial charge is 0.364 e. The van der Waals surface area contributed by atoms with Gasteiger partial charge in [0.25, 0.3) is 5.79 Å². The van der Waals surface area contributed by atoms with E-state index < -0.39 is 67.3 Å². The molecule has 0 aliphatic carbocycles. The lowest BCUT2D eigenvalue weighted by atomic mass is 9.88. The summed E-state index contributed by atoms with van der Waals surface area (Å²) >= 11 is 0. The highest BCUT2D eigenvalue weighted by Crippen LogP contribution is 2.34. The summed E-state index contributed by atoms with van der Waals surface area (Å²) in [4.78, 5) is 24.5. The lowest BCUT2D eigenvalue weighted by Crippen LogP contribution is -2.68. The lowest BCUT2D eigenvalue weighted by molar-refractivity contribution is -0.316. The van der Waals surface area contributed by atoms with E-state index in [1.165, 1.54) is 129 Å². The van der Waals surface area contributed by atoms with E-state index in [-0.39, 0.29) is 13.2 Å². The van der Waals surface area contributed by atoms with Crippen molar-refractivity contribution in [1.82, 2.24) is 5.32 Å². The first-order valence-electron chi connectivity index (χ1n) is 21.8. The van der Waals surface area contributed by atoms with Crippen molar-refractivity contribution in [2.24, 2.45) is 0 Å². The number of amides is 1. The minimum Gasteiger partial charge on any atom is -0.477 e. The molecule has 320 valence electrons. The quantitative estimate of drug-likeness (QED) is 0.0359. The summed E-state index contributed by atoms with van der Waals surface area (Å²) in [6.07, 6.45) is 21.7. The first-order valence-corrected chi connectivity index (χ1v) is 21.8. The van der Waals surface area contributed by atoms with Gasteiger partial charge >= 0.3 is 5.97 Å². The summed E-state index contributed by atoms with van der Waals surface area (Å²) in [6, 6.07) is -1.26. The van der Waals surface area contributed by atoms with Crippen LogP contribution in [0, 0.1) is 0 Å². The monoisotopic (exact) mass is 776 g/mol. The zero-order valence-corrected chi connectivity index (χ0v) is 34.4. The number of hydrogen-bond donors (Lipinski definition) is 6. The molecule has 1 fully saturated rings. The van der Waals surface area contributed by atoms with E-state index in [1.54, 1.807) is 0 Å². The van der Waals surface area contributed by atoms with Crippen LogP contribution in [0.5, 0.6) is 0 Å². The predicted octanol–water partition coefficient (Wildman–Crippen LogP) is 6.96. The molecule has 1 aliphatic rings. The molecular weight excluding hydrogens is 694 g/mol. The van der Waals surface area contributed by atoms with Crippen molar-refractivity contribution in [2.45, 2.75) is 224 Å². The number of carbonyl (C=O) groups excluding carboxylic acids is 1. The third-order valence-corrected chi connectivity index (χ3v) is 10.5. The predicted molar refractivity (Wildman–Crippen MR) is 211 cm³/mol. The maximum atomic E-state index is 12.6. The van der Waals surface area contributed by atoms with E-state index in [4.69, 9.17) is 18.9 Å². The minimum absolute atomic E-state index is 0.179. The molecule has 0 aromatic rings. The zero-order chi connectivity index (χ0) is 39.9. The topological polar surface area (TPSA) is 184 Å². The Labute approximate surface area is 327 Å². The van der Waals surface area contributed by atoms with Gasteiger partial charge in [0.1, 0.15) is 24.4 Å². The number of aliphatic carboxylic acids is 1. The maximum absolute atomic E-state index is 12.6. The molecule has 0 aromatic heterocycles.